The fourth-order valence-corrected chi connectivity index (χ4v) is 3.02. The van der Waals surface area contributed by atoms with Gasteiger partial charge < -0.3 is 19.9 Å². The van der Waals surface area contributed by atoms with E-state index >= 15 is 0 Å². The summed E-state index contributed by atoms with van der Waals surface area (Å²) in [6, 6.07) is 8.63. The number of methoxy groups -OCH3 is 1. The van der Waals surface area contributed by atoms with Crippen molar-refractivity contribution in [1.29, 1.82) is 0 Å². The molecule has 0 atom stereocenters. The molecular weight excluding hydrogens is 356 g/mol. The molecule has 1 aromatic heterocycles. The maximum Gasteiger partial charge on any atom is 0.274 e. The molecule has 2 amide bonds. The summed E-state index contributed by atoms with van der Waals surface area (Å²) in [5.41, 5.74) is 1.78. The van der Waals surface area contributed by atoms with E-state index < -0.39 is 0 Å². The molecule has 0 spiro atoms. The van der Waals surface area contributed by atoms with Crippen LogP contribution in [-0.2, 0) is 4.79 Å². The van der Waals surface area contributed by atoms with Gasteiger partial charge >= 0.3 is 0 Å². The molecule has 1 fully saturated rings. The van der Waals surface area contributed by atoms with E-state index in [9.17, 15) is 9.59 Å². The van der Waals surface area contributed by atoms with Gasteiger partial charge in [-0.25, -0.2) is 0 Å². The van der Waals surface area contributed by atoms with E-state index in [1.54, 1.807) is 35.4 Å². The first-order valence-electron chi connectivity index (χ1n) is 8.16. The van der Waals surface area contributed by atoms with Gasteiger partial charge in [0.25, 0.3) is 5.91 Å². The number of hydrogen-bond acceptors (Lipinski definition) is 5. The highest BCUT2D eigenvalue weighted by Gasteiger charge is 2.17. The molecule has 1 aliphatic rings. The van der Waals surface area contributed by atoms with Crippen molar-refractivity contribution in [3.05, 3.63) is 47.2 Å². The van der Waals surface area contributed by atoms with E-state index in [-0.39, 0.29) is 5.91 Å². The van der Waals surface area contributed by atoms with Gasteiger partial charge in [-0.15, -0.1) is 0 Å². The number of pyridine rings is 1. The molecular formula is C18H19ClN4O3. The van der Waals surface area contributed by atoms with Crippen LogP contribution in [0.1, 0.15) is 10.5 Å². The number of benzene rings is 1. The molecule has 0 bridgehead atoms. The third-order valence-corrected chi connectivity index (χ3v) is 4.51. The monoisotopic (exact) mass is 374 g/mol. The summed E-state index contributed by atoms with van der Waals surface area (Å²) in [4.78, 5) is 31.3. The van der Waals surface area contributed by atoms with Gasteiger partial charge in [-0.05, 0) is 30.3 Å². The second kappa shape index (κ2) is 8.05. The Morgan fingerprint density at radius 2 is 2.00 bits per heavy atom. The van der Waals surface area contributed by atoms with Crippen LogP contribution in [0.5, 0.6) is 5.75 Å². The van der Waals surface area contributed by atoms with Gasteiger partial charge in [0.05, 0.1) is 12.1 Å². The summed E-state index contributed by atoms with van der Waals surface area (Å²) < 4.78 is 5.10. The molecule has 1 N–H and O–H groups in total. The van der Waals surface area contributed by atoms with E-state index in [1.807, 2.05) is 6.07 Å². The van der Waals surface area contributed by atoms with Gasteiger partial charge in [0, 0.05) is 43.8 Å². The van der Waals surface area contributed by atoms with E-state index in [4.69, 9.17) is 16.3 Å². The molecule has 2 heterocycles. The minimum atomic E-state index is -0.320. The molecule has 2 aromatic rings. The molecule has 1 aliphatic heterocycles. The highest BCUT2D eigenvalue weighted by Crippen LogP contribution is 2.27. The van der Waals surface area contributed by atoms with Gasteiger partial charge in [0.2, 0.25) is 6.41 Å². The SMILES string of the molecule is COc1ccc(NC(=O)c2cc(N3CCN(C=O)CC3)ccn2)cc1Cl. The minimum absolute atomic E-state index is 0.312. The summed E-state index contributed by atoms with van der Waals surface area (Å²) in [6.45, 7) is 2.77. The number of ether oxygens (including phenoxy) is 1. The normalized spacial score (nSPS) is 14.1. The van der Waals surface area contributed by atoms with E-state index in [0.29, 0.717) is 35.2 Å². The van der Waals surface area contributed by atoms with Crippen LogP contribution < -0.4 is 15.0 Å². The van der Waals surface area contributed by atoms with E-state index in [1.165, 1.54) is 7.11 Å². The molecule has 0 saturated carbocycles. The summed E-state index contributed by atoms with van der Waals surface area (Å²) in [7, 11) is 1.53. The summed E-state index contributed by atoms with van der Waals surface area (Å²) >= 11 is 6.08. The highest BCUT2D eigenvalue weighted by atomic mass is 35.5. The Labute approximate surface area is 156 Å². The Hall–Kier alpha value is -2.80. The van der Waals surface area contributed by atoms with Crippen molar-refractivity contribution < 1.29 is 14.3 Å². The molecule has 1 aromatic carbocycles. The van der Waals surface area contributed by atoms with Crippen molar-refractivity contribution >= 4 is 35.3 Å². The third-order valence-electron chi connectivity index (χ3n) is 4.21. The fraction of sp³-hybridized carbons (Fsp3) is 0.278. The predicted octanol–water partition coefficient (Wildman–Crippen LogP) is 2.27. The van der Waals surface area contributed by atoms with Crippen LogP contribution >= 0.6 is 11.6 Å². The number of nitrogens with one attached hydrogen (secondary N) is 1. The number of nitrogens with zero attached hydrogens (tertiary/aromatic N) is 3. The number of carbonyl (C=O) groups is 2. The van der Waals surface area contributed by atoms with Gasteiger partial charge in [0.15, 0.2) is 0 Å². The molecule has 0 unspecified atom stereocenters. The Balaban J connectivity index is 1.70. The lowest BCUT2D eigenvalue weighted by atomic mass is 10.2. The number of aromatic nitrogens is 1. The summed E-state index contributed by atoms with van der Waals surface area (Å²) in [6.07, 6.45) is 2.47. The van der Waals surface area contributed by atoms with Crippen molar-refractivity contribution in [3.63, 3.8) is 0 Å². The first kappa shape index (κ1) is 18.0. The Morgan fingerprint density at radius 1 is 1.23 bits per heavy atom. The first-order chi connectivity index (χ1) is 12.6. The molecule has 7 nitrogen and oxygen atoms in total. The number of amides is 2. The molecule has 136 valence electrons. The van der Waals surface area contributed by atoms with Crippen molar-refractivity contribution in [1.82, 2.24) is 9.88 Å². The predicted molar refractivity (Wildman–Crippen MR) is 100 cm³/mol. The zero-order valence-corrected chi connectivity index (χ0v) is 15.1. The lowest BCUT2D eigenvalue weighted by Gasteiger charge is -2.34. The lowest BCUT2D eigenvalue weighted by molar-refractivity contribution is -0.118. The molecule has 3 rings (SSSR count). The average molecular weight is 375 g/mol. The highest BCUT2D eigenvalue weighted by molar-refractivity contribution is 6.32. The third kappa shape index (κ3) is 4.05. The van der Waals surface area contributed by atoms with Crippen LogP contribution in [0.25, 0.3) is 0 Å². The van der Waals surface area contributed by atoms with Crippen molar-refractivity contribution in [2.24, 2.45) is 0 Å². The average Bonchev–Trinajstić information content (AvgIpc) is 2.68. The van der Waals surface area contributed by atoms with E-state index in [2.05, 4.69) is 15.2 Å². The number of anilines is 2. The topological polar surface area (TPSA) is 74.8 Å². The van der Waals surface area contributed by atoms with Gasteiger partial charge in [0.1, 0.15) is 11.4 Å². The smallest absolute Gasteiger partial charge is 0.274 e. The Kier molecular flexibility index (Phi) is 5.58. The number of piperazine rings is 1. The second-order valence-corrected chi connectivity index (χ2v) is 6.24. The maximum atomic E-state index is 12.5. The van der Waals surface area contributed by atoms with Crippen LogP contribution in [-0.4, -0.2) is 55.5 Å². The second-order valence-electron chi connectivity index (χ2n) is 5.83. The largest absolute Gasteiger partial charge is 0.495 e. The van der Waals surface area contributed by atoms with Crippen molar-refractivity contribution in [2.75, 3.05) is 43.5 Å². The van der Waals surface area contributed by atoms with Crippen LogP contribution in [0.15, 0.2) is 36.5 Å². The Morgan fingerprint density at radius 3 is 2.65 bits per heavy atom. The van der Waals surface area contributed by atoms with Gasteiger partial charge in [-0.2, -0.15) is 0 Å². The molecule has 8 heteroatoms. The van der Waals surface area contributed by atoms with Crippen molar-refractivity contribution in [3.8, 4) is 5.75 Å². The molecule has 0 aliphatic carbocycles. The van der Waals surface area contributed by atoms with E-state index in [0.717, 1.165) is 25.2 Å². The quantitative estimate of drug-likeness (QED) is 0.813. The number of halogens is 1. The minimum Gasteiger partial charge on any atom is -0.495 e. The lowest BCUT2D eigenvalue weighted by Crippen LogP contribution is -2.45. The zero-order chi connectivity index (χ0) is 18.5. The van der Waals surface area contributed by atoms with Crippen LogP contribution in [0.2, 0.25) is 5.02 Å². The summed E-state index contributed by atoms with van der Waals surface area (Å²) in [5.74, 6) is 0.221. The number of rotatable bonds is 5. The molecule has 26 heavy (non-hydrogen) atoms. The van der Waals surface area contributed by atoms with Crippen LogP contribution in [0.3, 0.4) is 0 Å². The molecule has 1 saturated heterocycles. The zero-order valence-electron chi connectivity index (χ0n) is 14.3. The summed E-state index contributed by atoms with van der Waals surface area (Å²) in [5, 5.41) is 3.20. The number of carbonyl (C=O) groups excluding carboxylic acids is 2. The number of hydrogen-bond donors (Lipinski definition) is 1. The molecule has 0 radical (unpaired) electrons. The van der Waals surface area contributed by atoms with Crippen molar-refractivity contribution in [2.45, 2.75) is 0 Å². The van der Waals surface area contributed by atoms with Crippen LogP contribution in [0.4, 0.5) is 11.4 Å². The van der Waals surface area contributed by atoms with Crippen LogP contribution in [0, 0.1) is 0 Å². The maximum absolute atomic E-state index is 12.5. The standard InChI is InChI=1S/C18H19ClN4O3/c1-26-17-3-2-13(10-15(17)19)21-18(25)16-11-14(4-5-20-16)23-8-6-22(12-24)7-9-23/h2-5,10-12H,6-9H2,1H3,(H,21,25). The first-order valence-corrected chi connectivity index (χ1v) is 8.54. The Bertz CT molecular complexity index is 807. The van der Waals surface area contributed by atoms with Gasteiger partial charge in [-0.3, -0.25) is 14.6 Å². The van der Waals surface area contributed by atoms with Gasteiger partial charge in [-0.1, -0.05) is 11.6 Å². The fourth-order valence-electron chi connectivity index (χ4n) is 2.77.